The Hall–Kier alpha value is -4.30. The molecule has 2 saturated heterocycles. The normalized spacial score (nSPS) is 19.8. The second-order valence-corrected chi connectivity index (χ2v) is 10.3. The van der Waals surface area contributed by atoms with Crippen LogP contribution in [-0.4, -0.2) is 70.5 Å². The Morgan fingerprint density at radius 3 is 2.08 bits per heavy atom. The molecule has 1 unspecified atom stereocenters. The van der Waals surface area contributed by atoms with Crippen molar-refractivity contribution in [2.45, 2.75) is 31.5 Å². The molecule has 0 bridgehead atoms. The Kier molecular flexibility index (Phi) is 6.70. The van der Waals surface area contributed by atoms with Crippen molar-refractivity contribution in [2.24, 2.45) is 0 Å². The number of hydrogen-bond donors (Lipinski definition) is 1. The topological polar surface area (TPSA) is 90.0 Å². The molecule has 6 rings (SSSR count). The fourth-order valence-electron chi connectivity index (χ4n) is 5.96. The number of carbonyl (C=O) groups is 4. The van der Waals surface area contributed by atoms with Gasteiger partial charge in [0.15, 0.2) is 0 Å². The number of rotatable bonds is 5. The SMILES string of the molecule is O=C1CCC(N2Cc3cc(C(=O)N4CCN(C(c5ccccc5)c5ccccc5)CC4)ccc3C2=O)C(=O)N1. The van der Waals surface area contributed by atoms with Gasteiger partial charge in [0.05, 0.1) is 6.04 Å². The van der Waals surface area contributed by atoms with Gasteiger partial charge in [-0.05, 0) is 41.3 Å². The van der Waals surface area contributed by atoms with E-state index in [1.807, 2.05) is 17.0 Å². The second-order valence-electron chi connectivity index (χ2n) is 10.3. The first-order chi connectivity index (χ1) is 19.0. The number of hydrogen-bond acceptors (Lipinski definition) is 5. The van der Waals surface area contributed by atoms with Gasteiger partial charge < -0.3 is 9.80 Å². The summed E-state index contributed by atoms with van der Waals surface area (Å²) in [6, 6.07) is 25.5. The van der Waals surface area contributed by atoms with E-state index in [1.165, 1.54) is 16.0 Å². The number of imide groups is 1. The Bertz CT molecular complexity index is 1380. The molecule has 0 spiro atoms. The third kappa shape index (κ3) is 4.83. The molecule has 3 aromatic rings. The molecular formula is C31H30N4O4. The van der Waals surface area contributed by atoms with Crippen molar-refractivity contribution in [3.8, 4) is 0 Å². The van der Waals surface area contributed by atoms with E-state index < -0.39 is 11.9 Å². The van der Waals surface area contributed by atoms with Crippen molar-refractivity contribution < 1.29 is 19.2 Å². The van der Waals surface area contributed by atoms with Crippen LogP contribution in [0.3, 0.4) is 0 Å². The maximum atomic E-state index is 13.5. The molecule has 3 aliphatic rings. The molecule has 8 heteroatoms. The molecule has 198 valence electrons. The van der Waals surface area contributed by atoms with E-state index in [0.29, 0.717) is 30.6 Å². The summed E-state index contributed by atoms with van der Waals surface area (Å²) in [6.45, 7) is 2.95. The van der Waals surface area contributed by atoms with Crippen LogP contribution in [0.25, 0.3) is 0 Å². The minimum Gasteiger partial charge on any atom is -0.336 e. The van der Waals surface area contributed by atoms with Crippen LogP contribution in [0.1, 0.15) is 56.3 Å². The summed E-state index contributed by atoms with van der Waals surface area (Å²) in [5.41, 5.74) is 4.25. The first-order valence-corrected chi connectivity index (χ1v) is 13.4. The van der Waals surface area contributed by atoms with Crippen LogP contribution in [0.4, 0.5) is 0 Å². The molecule has 4 amide bonds. The van der Waals surface area contributed by atoms with Crippen molar-refractivity contribution in [3.05, 3.63) is 107 Å². The molecule has 1 N–H and O–H groups in total. The standard InChI is InChI=1S/C31H30N4O4/c36-27-14-13-26(29(37)32-27)35-20-24-19-23(11-12-25(24)31(35)39)30(38)34-17-15-33(16-18-34)28(21-7-3-1-4-8-21)22-9-5-2-6-10-22/h1-12,19,26,28H,13-18,20H2,(H,32,36,37). The third-order valence-electron chi connectivity index (χ3n) is 7.97. The van der Waals surface area contributed by atoms with Crippen molar-refractivity contribution >= 4 is 23.6 Å². The van der Waals surface area contributed by atoms with Crippen LogP contribution in [-0.2, 0) is 16.1 Å². The van der Waals surface area contributed by atoms with E-state index >= 15 is 0 Å². The van der Waals surface area contributed by atoms with Crippen LogP contribution in [0.15, 0.2) is 78.9 Å². The number of carbonyl (C=O) groups excluding carboxylic acids is 4. The van der Waals surface area contributed by atoms with Gasteiger partial charge in [0.25, 0.3) is 11.8 Å². The molecule has 0 aliphatic carbocycles. The van der Waals surface area contributed by atoms with Crippen molar-refractivity contribution in [3.63, 3.8) is 0 Å². The summed E-state index contributed by atoms with van der Waals surface area (Å²) in [5, 5.41) is 2.32. The second kappa shape index (κ2) is 10.5. The summed E-state index contributed by atoms with van der Waals surface area (Å²) in [5.74, 6) is -1.04. The highest BCUT2D eigenvalue weighted by atomic mass is 16.2. The zero-order valence-corrected chi connectivity index (χ0v) is 21.6. The molecule has 1 atom stereocenters. The molecule has 3 heterocycles. The highest BCUT2D eigenvalue weighted by Crippen LogP contribution is 2.31. The lowest BCUT2D eigenvalue weighted by molar-refractivity contribution is -0.136. The summed E-state index contributed by atoms with van der Waals surface area (Å²) in [4.78, 5) is 56.1. The van der Waals surface area contributed by atoms with Gasteiger partial charge in [-0.15, -0.1) is 0 Å². The summed E-state index contributed by atoms with van der Waals surface area (Å²) >= 11 is 0. The zero-order chi connectivity index (χ0) is 26.9. The number of nitrogens with zero attached hydrogens (tertiary/aromatic N) is 3. The van der Waals surface area contributed by atoms with E-state index in [1.54, 1.807) is 18.2 Å². The van der Waals surface area contributed by atoms with E-state index in [9.17, 15) is 19.2 Å². The van der Waals surface area contributed by atoms with Crippen LogP contribution in [0.5, 0.6) is 0 Å². The molecule has 39 heavy (non-hydrogen) atoms. The summed E-state index contributed by atoms with van der Waals surface area (Å²) < 4.78 is 0. The third-order valence-corrected chi connectivity index (χ3v) is 7.97. The molecule has 2 fully saturated rings. The summed E-state index contributed by atoms with van der Waals surface area (Å²) in [7, 11) is 0. The zero-order valence-electron chi connectivity index (χ0n) is 21.6. The van der Waals surface area contributed by atoms with Crippen LogP contribution < -0.4 is 5.32 Å². The molecule has 0 radical (unpaired) electrons. The van der Waals surface area contributed by atoms with Gasteiger partial charge in [-0.25, -0.2) is 0 Å². The minimum absolute atomic E-state index is 0.0553. The number of piperidine rings is 1. The van der Waals surface area contributed by atoms with Crippen LogP contribution >= 0.6 is 0 Å². The van der Waals surface area contributed by atoms with Gasteiger partial charge >= 0.3 is 0 Å². The van der Waals surface area contributed by atoms with E-state index in [4.69, 9.17) is 0 Å². The lowest BCUT2D eigenvalue weighted by Gasteiger charge is -2.39. The first kappa shape index (κ1) is 25.0. The smallest absolute Gasteiger partial charge is 0.255 e. The van der Waals surface area contributed by atoms with Gasteiger partial charge in [-0.2, -0.15) is 0 Å². The highest BCUT2D eigenvalue weighted by molar-refractivity contribution is 6.06. The quantitative estimate of drug-likeness (QED) is 0.521. The van der Waals surface area contributed by atoms with Gasteiger partial charge in [0, 0.05) is 50.3 Å². The number of fused-ring (bicyclic) bond motifs is 1. The largest absolute Gasteiger partial charge is 0.336 e. The number of nitrogens with one attached hydrogen (secondary N) is 1. The molecule has 3 aliphatic heterocycles. The average Bonchev–Trinajstić information content (AvgIpc) is 3.29. The lowest BCUT2D eigenvalue weighted by atomic mass is 9.96. The molecule has 8 nitrogen and oxygen atoms in total. The first-order valence-electron chi connectivity index (χ1n) is 13.4. The Morgan fingerprint density at radius 2 is 1.46 bits per heavy atom. The van der Waals surface area contributed by atoms with Crippen molar-refractivity contribution in [1.29, 1.82) is 0 Å². The highest BCUT2D eigenvalue weighted by Gasteiger charge is 2.39. The predicted molar refractivity (Wildman–Crippen MR) is 145 cm³/mol. The van der Waals surface area contributed by atoms with Crippen molar-refractivity contribution in [2.75, 3.05) is 26.2 Å². The van der Waals surface area contributed by atoms with E-state index in [-0.39, 0.29) is 36.7 Å². The summed E-state index contributed by atoms with van der Waals surface area (Å²) in [6.07, 6.45) is 0.523. The van der Waals surface area contributed by atoms with E-state index in [0.717, 1.165) is 18.7 Å². The maximum absolute atomic E-state index is 13.5. The maximum Gasteiger partial charge on any atom is 0.255 e. The van der Waals surface area contributed by atoms with Gasteiger partial charge in [0.2, 0.25) is 11.8 Å². The molecular weight excluding hydrogens is 492 g/mol. The minimum atomic E-state index is -0.669. The number of piperazine rings is 1. The van der Waals surface area contributed by atoms with Gasteiger partial charge in [0.1, 0.15) is 6.04 Å². The fourth-order valence-corrected chi connectivity index (χ4v) is 5.96. The van der Waals surface area contributed by atoms with Gasteiger partial charge in [-0.1, -0.05) is 60.7 Å². The number of amides is 4. The lowest BCUT2D eigenvalue weighted by Crippen LogP contribution is -2.52. The Balaban J connectivity index is 1.14. The predicted octanol–water partition coefficient (Wildman–Crippen LogP) is 3.00. The van der Waals surface area contributed by atoms with Crippen LogP contribution in [0.2, 0.25) is 0 Å². The van der Waals surface area contributed by atoms with Gasteiger partial charge in [-0.3, -0.25) is 29.4 Å². The fraction of sp³-hybridized carbons (Fsp3) is 0.290. The van der Waals surface area contributed by atoms with Crippen molar-refractivity contribution in [1.82, 2.24) is 20.0 Å². The number of benzene rings is 3. The monoisotopic (exact) mass is 522 g/mol. The molecule has 3 aromatic carbocycles. The average molecular weight is 523 g/mol. The Labute approximate surface area is 227 Å². The van der Waals surface area contributed by atoms with E-state index in [2.05, 4.69) is 58.7 Å². The Morgan fingerprint density at radius 1 is 0.821 bits per heavy atom. The molecule has 0 aromatic heterocycles. The van der Waals surface area contributed by atoms with Crippen LogP contribution in [0, 0.1) is 0 Å². The molecule has 0 saturated carbocycles.